The van der Waals surface area contributed by atoms with Crippen LogP contribution in [0, 0.1) is 0 Å². The summed E-state index contributed by atoms with van der Waals surface area (Å²) in [6, 6.07) is 9.13. The highest BCUT2D eigenvalue weighted by molar-refractivity contribution is 7.99. The van der Waals surface area contributed by atoms with E-state index in [1.54, 1.807) is 18.3 Å². The van der Waals surface area contributed by atoms with Crippen LogP contribution in [-0.4, -0.2) is 23.0 Å². The first kappa shape index (κ1) is 11.6. The van der Waals surface area contributed by atoms with E-state index in [4.69, 9.17) is 0 Å². The summed E-state index contributed by atoms with van der Waals surface area (Å²) in [5.74, 6) is -0.383. The average molecular weight is 246 g/mol. The van der Waals surface area contributed by atoms with E-state index < -0.39 is 0 Å². The zero-order chi connectivity index (χ0) is 12.1. The third-order valence-electron chi connectivity index (χ3n) is 2.00. The van der Waals surface area contributed by atoms with Crippen molar-refractivity contribution in [2.75, 3.05) is 7.11 Å². The van der Waals surface area contributed by atoms with Crippen molar-refractivity contribution >= 4 is 17.7 Å². The molecular formula is C12H10N2O2S. The van der Waals surface area contributed by atoms with Crippen molar-refractivity contribution < 1.29 is 9.53 Å². The highest BCUT2D eigenvalue weighted by Gasteiger charge is 2.06. The summed E-state index contributed by atoms with van der Waals surface area (Å²) in [5, 5.41) is 1.65. The van der Waals surface area contributed by atoms with Crippen LogP contribution in [0.4, 0.5) is 0 Å². The molecule has 17 heavy (non-hydrogen) atoms. The van der Waals surface area contributed by atoms with Gasteiger partial charge in [-0.05, 0) is 24.3 Å². The number of rotatable bonds is 3. The molecule has 0 amide bonds. The fourth-order valence-corrected chi connectivity index (χ4v) is 1.91. The summed E-state index contributed by atoms with van der Waals surface area (Å²) in [7, 11) is 1.35. The first-order valence-electron chi connectivity index (χ1n) is 4.93. The van der Waals surface area contributed by atoms with Crippen LogP contribution in [0.15, 0.2) is 52.8 Å². The van der Waals surface area contributed by atoms with Crippen molar-refractivity contribution in [2.45, 2.75) is 10.1 Å². The molecule has 0 aromatic carbocycles. The van der Waals surface area contributed by atoms with Gasteiger partial charge >= 0.3 is 5.97 Å². The topological polar surface area (TPSA) is 52.1 Å². The van der Waals surface area contributed by atoms with Gasteiger partial charge in [0.1, 0.15) is 10.1 Å². The van der Waals surface area contributed by atoms with Gasteiger partial charge in [-0.1, -0.05) is 17.8 Å². The highest BCUT2D eigenvalue weighted by Crippen LogP contribution is 2.23. The van der Waals surface area contributed by atoms with Crippen molar-refractivity contribution in [2.24, 2.45) is 0 Å². The van der Waals surface area contributed by atoms with Crippen LogP contribution < -0.4 is 0 Å². The number of aromatic nitrogens is 2. The maximum absolute atomic E-state index is 11.2. The third kappa shape index (κ3) is 3.04. The van der Waals surface area contributed by atoms with Crippen LogP contribution in [0.2, 0.25) is 0 Å². The Labute approximate surface area is 103 Å². The summed E-state index contributed by atoms with van der Waals surface area (Å²) >= 11 is 1.44. The van der Waals surface area contributed by atoms with Gasteiger partial charge in [0.05, 0.1) is 12.7 Å². The normalized spacial score (nSPS) is 9.94. The van der Waals surface area contributed by atoms with Gasteiger partial charge in [-0.15, -0.1) is 0 Å². The molecule has 0 aliphatic heterocycles. The molecule has 2 aromatic heterocycles. The predicted octanol–water partition coefficient (Wildman–Crippen LogP) is 2.41. The molecule has 0 saturated carbocycles. The lowest BCUT2D eigenvalue weighted by molar-refractivity contribution is 0.0600. The lowest BCUT2D eigenvalue weighted by Gasteiger charge is -2.01. The molecule has 0 radical (unpaired) electrons. The van der Waals surface area contributed by atoms with E-state index in [9.17, 15) is 4.79 Å². The summed E-state index contributed by atoms with van der Waals surface area (Å²) in [4.78, 5) is 19.5. The standard InChI is InChI=1S/C12H10N2O2S/c1-16-12(15)9-5-6-11(14-8-9)17-10-4-2-3-7-13-10/h2-8H,1H3. The van der Waals surface area contributed by atoms with E-state index in [0.29, 0.717) is 5.56 Å². The number of pyridine rings is 2. The van der Waals surface area contributed by atoms with Crippen molar-refractivity contribution in [3.8, 4) is 0 Å². The number of esters is 1. The van der Waals surface area contributed by atoms with Crippen LogP contribution in [0.1, 0.15) is 10.4 Å². The van der Waals surface area contributed by atoms with Gasteiger partial charge in [-0.2, -0.15) is 0 Å². The minimum absolute atomic E-state index is 0.383. The quantitative estimate of drug-likeness (QED) is 0.778. The Hall–Kier alpha value is -1.88. The molecule has 0 N–H and O–H groups in total. The number of ether oxygens (including phenoxy) is 1. The molecule has 0 aliphatic carbocycles. The zero-order valence-electron chi connectivity index (χ0n) is 9.16. The molecule has 0 saturated heterocycles. The van der Waals surface area contributed by atoms with Crippen LogP contribution >= 0.6 is 11.8 Å². The molecule has 0 bridgehead atoms. The van der Waals surface area contributed by atoms with Gasteiger partial charge in [-0.3, -0.25) is 0 Å². The smallest absolute Gasteiger partial charge is 0.339 e. The Morgan fingerprint density at radius 2 is 2.00 bits per heavy atom. The molecular weight excluding hydrogens is 236 g/mol. The average Bonchev–Trinajstić information content (AvgIpc) is 2.40. The highest BCUT2D eigenvalue weighted by atomic mass is 32.2. The van der Waals surface area contributed by atoms with Gasteiger partial charge in [0.2, 0.25) is 0 Å². The number of nitrogens with zero attached hydrogens (tertiary/aromatic N) is 2. The van der Waals surface area contributed by atoms with Gasteiger partial charge in [-0.25, -0.2) is 14.8 Å². The summed E-state index contributed by atoms with van der Waals surface area (Å²) in [5.41, 5.74) is 0.442. The van der Waals surface area contributed by atoms with Gasteiger partial charge < -0.3 is 4.74 Å². The van der Waals surface area contributed by atoms with Crippen molar-refractivity contribution in [1.29, 1.82) is 0 Å². The summed E-state index contributed by atoms with van der Waals surface area (Å²) in [6.07, 6.45) is 3.22. The Morgan fingerprint density at radius 1 is 1.18 bits per heavy atom. The van der Waals surface area contributed by atoms with E-state index >= 15 is 0 Å². The number of carbonyl (C=O) groups is 1. The fourth-order valence-electron chi connectivity index (χ4n) is 1.19. The van der Waals surface area contributed by atoms with Crippen LogP contribution in [0.3, 0.4) is 0 Å². The van der Waals surface area contributed by atoms with E-state index in [2.05, 4.69) is 14.7 Å². The number of hydrogen-bond donors (Lipinski definition) is 0. The Balaban J connectivity index is 2.11. The van der Waals surface area contributed by atoms with Gasteiger partial charge in [0.25, 0.3) is 0 Å². The first-order chi connectivity index (χ1) is 8.29. The van der Waals surface area contributed by atoms with E-state index in [1.807, 2.05) is 18.2 Å². The minimum atomic E-state index is -0.383. The van der Waals surface area contributed by atoms with Gasteiger partial charge in [0.15, 0.2) is 0 Å². The molecule has 0 atom stereocenters. The van der Waals surface area contributed by atoms with Crippen LogP contribution in [-0.2, 0) is 4.74 Å². The number of carbonyl (C=O) groups excluding carboxylic acids is 1. The molecule has 0 spiro atoms. The monoisotopic (exact) mass is 246 g/mol. The Morgan fingerprint density at radius 3 is 2.59 bits per heavy atom. The first-order valence-corrected chi connectivity index (χ1v) is 5.74. The van der Waals surface area contributed by atoms with Crippen molar-refractivity contribution in [1.82, 2.24) is 9.97 Å². The van der Waals surface area contributed by atoms with Crippen LogP contribution in [0.25, 0.3) is 0 Å². The molecule has 2 heterocycles. The Bertz CT molecular complexity index is 500. The van der Waals surface area contributed by atoms with Crippen LogP contribution in [0.5, 0.6) is 0 Å². The maximum atomic E-state index is 11.2. The summed E-state index contributed by atoms with van der Waals surface area (Å²) < 4.78 is 4.60. The molecule has 0 aliphatic rings. The minimum Gasteiger partial charge on any atom is -0.465 e. The van der Waals surface area contributed by atoms with Crippen molar-refractivity contribution in [3.05, 3.63) is 48.3 Å². The lowest BCUT2D eigenvalue weighted by atomic mass is 10.3. The zero-order valence-corrected chi connectivity index (χ0v) is 9.98. The van der Waals surface area contributed by atoms with E-state index in [1.165, 1.54) is 25.1 Å². The second kappa shape index (κ2) is 5.45. The molecule has 4 nitrogen and oxygen atoms in total. The fraction of sp³-hybridized carbons (Fsp3) is 0.0833. The van der Waals surface area contributed by atoms with Crippen molar-refractivity contribution in [3.63, 3.8) is 0 Å². The lowest BCUT2D eigenvalue weighted by Crippen LogP contribution is -2.01. The number of hydrogen-bond acceptors (Lipinski definition) is 5. The SMILES string of the molecule is COC(=O)c1ccc(Sc2ccccn2)nc1. The molecule has 2 aromatic rings. The van der Waals surface area contributed by atoms with E-state index in [0.717, 1.165) is 10.1 Å². The Kier molecular flexibility index (Phi) is 3.72. The second-order valence-corrected chi connectivity index (χ2v) is 4.19. The summed E-state index contributed by atoms with van der Waals surface area (Å²) in [6.45, 7) is 0. The predicted molar refractivity (Wildman–Crippen MR) is 63.9 cm³/mol. The molecule has 2 rings (SSSR count). The van der Waals surface area contributed by atoms with Gasteiger partial charge in [0, 0.05) is 12.4 Å². The van der Waals surface area contributed by atoms with E-state index in [-0.39, 0.29) is 5.97 Å². The number of methoxy groups -OCH3 is 1. The second-order valence-electron chi connectivity index (χ2n) is 3.15. The maximum Gasteiger partial charge on any atom is 0.339 e. The molecule has 86 valence electrons. The third-order valence-corrected chi connectivity index (χ3v) is 2.91. The molecule has 0 unspecified atom stereocenters. The molecule has 5 heteroatoms. The molecule has 0 fully saturated rings. The largest absolute Gasteiger partial charge is 0.465 e.